The summed E-state index contributed by atoms with van der Waals surface area (Å²) in [5, 5.41) is 10.6. The Kier molecular flexibility index (Phi) is 7.47. The van der Waals surface area contributed by atoms with Crippen LogP contribution in [0.4, 0.5) is 4.39 Å². The minimum absolute atomic E-state index is 0. The van der Waals surface area contributed by atoms with E-state index in [4.69, 9.17) is 0 Å². The largest absolute Gasteiger partial charge is 0.352 e. The normalized spacial score (nSPS) is 12.5. The average molecular weight is 431 g/mol. The van der Waals surface area contributed by atoms with E-state index in [1.54, 1.807) is 37.0 Å². The number of nitrogens with zero attached hydrogens (tertiary/aromatic N) is 3. The minimum Gasteiger partial charge on any atom is -0.352 e. The molecule has 0 spiro atoms. The van der Waals surface area contributed by atoms with Crippen molar-refractivity contribution in [1.82, 2.24) is 20.4 Å². The van der Waals surface area contributed by atoms with Crippen molar-refractivity contribution >= 4 is 29.9 Å². The van der Waals surface area contributed by atoms with Crippen LogP contribution >= 0.6 is 24.0 Å². The van der Waals surface area contributed by atoms with Gasteiger partial charge in [0.05, 0.1) is 12.2 Å². The lowest BCUT2D eigenvalue weighted by atomic mass is 10.1. The standard InChI is InChI=1S/C16H22FN5.HI/c1-11-5-6-14(7-15(11)17)12(2)21-16(18-3)19-8-13-9-20-22(4)10-13;/h5-7,9-10,12H,8H2,1-4H3,(H2,18,19,21);1H. The molecule has 1 heterocycles. The molecular formula is C16H23FIN5. The van der Waals surface area contributed by atoms with Crippen LogP contribution in [-0.4, -0.2) is 22.8 Å². The van der Waals surface area contributed by atoms with Crippen LogP contribution in [0.15, 0.2) is 35.6 Å². The molecule has 0 aliphatic heterocycles. The van der Waals surface area contributed by atoms with Crippen LogP contribution in [0, 0.1) is 12.7 Å². The van der Waals surface area contributed by atoms with Gasteiger partial charge in [-0.15, -0.1) is 24.0 Å². The van der Waals surface area contributed by atoms with Gasteiger partial charge in [-0.2, -0.15) is 5.10 Å². The Labute approximate surface area is 153 Å². The van der Waals surface area contributed by atoms with Crippen LogP contribution in [0.3, 0.4) is 0 Å². The molecule has 0 saturated heterocycles. The lowest BCUT2D eigenvalue weighted by Gasteiger charge is -2.18. The molecule has 1 unspecified atom stereocenters. The topological polar surface area (TPSA) is 54.2 Å². The molecule has 126 valence electrons. The fourth-order valence-corrected chi connectivity index (χ4v) is 2.11. The predicted molar refractivity (Wildman–Crippen MR) is 102 cm³/mol. The van der Waals surface area contributed by atoms with Gasteiger partial charge in [-0.05, 0) is 31.0 Å². The molecule has 0 bridgehead atoms. The van der Waals surface area contributed by atoms with Gasteiger partial charge in [0.2, 0.25) is 0 Å². The SMILES string of the molecule is CN=C(NCc1cnn(C)c1)NC(C)c1ccc(C)c(F)c1.I. The number of rotatable bonds is 4. The summed E-state index contributed by atoms with van der Waals surface area (Å²) < 4.78 is 15.4. The molecular weight excluding hydrogens is 408 g/mol. The summed E-state index contributed by atoms with van der Waals surface area (Å²) in [4.78, 5) is 4.19. The molecule has 0 aliphatic carbocycles. The number of halogens is 2. The second kappa shape index (κ2) is 8.85. The Morgan fingerprint density at radius 2 is 2.17 bits per heavy atom. The van der Waals surface area contributed by atoms with Gasteiger partial charge in [-0.25, -0.2) is 4.39 Å². The zero-order valence-electron chi connectivity index (χ0n) is 13.8. The molecule has 1 aromatic heterocycles. The molecule has 0 amide bonds. The molecule has 0 radical (unpaired) electrons. The molecule has 2 aromatic rings. The molecule has 0 aliphatic rings. The summed E-state index contributed by atoms with van der Waals surface area (Å²) in [6.45, 7) is 4.36. The summed E-state index contributed by atoms with van der Waals surface area (Å²) in [7, 11) is 3.59. The second-order valence-electron chi connectivity index (χ2n) is 5.32. The number of aryl methyl sites for hydroxylation is 2. The van der Waals surface area contributed by atoms with Crippen molar-refractivity contribution in [3.8, 4) is 0 Å². The fraction of sp³-hybridized carbons (Fsp3) is 0.375. The maximum Gasteiger partial charge on any atom is 0.191 e. The van der Waals surface area contributed by atoms with E-state index in [0.717, 1.165) is 11.1 Å². The first-order valence-electron chi connectivity index (χ1n) is 7.20. The Bertz CT molecular complexity index is 668. The van der Waals surface area contributed by atoms with Gasteiger partial charge in [-0.1, -0.05) is 12.1 Å². The zero-order chi connectivity index (χ0) is 16.1. The summed E-state index contributed by atoms with van der Waals surface area (Å²) in [6.07, 6.45) is 3.75. The Balaban J connectivity index is 0.00000264. The zero-order valence-corrected chi connectivity index (χ0v) is 16.1. The smallest absolute Gasteiger partial charge is 0.191 e. The van der Waals surface area contributed by atoms with Crippen molar-refractivity contribution in [1.29, 1.82) is 0 Å². The van der Waals surface area contributed by atoms with Crippen LogP contribution in [0.25, 0.3) is 0 Å². The number of benzene rings is 1. The Hall–Kier alpha value is -1.64. The summed E-state index contributed by atoms with van der Waals surface area (Å²) in [5.74, 6) is 0.474. The molecule has 7 heteroatoms. The first-order valence-corrected chi connectivity index (χ1v) is 7.20. The van der Waals surface area contributed by atoms with Crippen molar-refractivity contribution < 1.29 is 4.39 Å². The van der Waals surface area contributed by atoms with Crippen molar-refractivity contribution in [3.63, 3.8) is 0 Å². The molecule has 5 nitrogen and oxygen atoms in total. The molecule has 0 fully saturated rings. The number of aliphatic imine (C=N–C) groups is 1. The van der Waals surface area contributed by atoms with Gasteiger partial charge in [-0.3, -0.25) is 9.67 Å². The third-order valence-corrected chi connectivity index (χ3v) is 3.49. The summed E-state index contributed by atoms with van der Waals surface area (Å²) >= 11 is 0. The number of nitrogens with one attached hydrogen (secondary N) is 2. The third-order valence-electron chi connectivity index (χ3n) is 3.49. The summed E-state index contributed by atoms with van der Waals surface area (Å²) in [5.41, 5.74) is 2.60. The highest BCUT2D eigenvalue weighted by molar-refractivity contribution is 14.0. The molecule has 2 rings (SSSR count). The maximum absolute atomic E-state index is 13.6. The van der Waals surface area contributed by atoms with E-state index < -0.39 is 0 Å². The van der Waals surface area contributed by atoms with Gasteiger partial charge in [0.1, 0.15) is 5.82 Å². The van der Waals surface area contributed by atoms with E-state index in [-0.39, 0.29) is 35.8 Å². The monoisotopic (exact) mass is 431 g/mol. The van der Waals surface area contributed by atoms with E-state index in [0.29, 0.717) is 18.1 Å². The second-order valence-corrected chi connectivity index (χ2v) is 5.32. The van der Waals surface area contributed by atoms with Gasteiger partial charge in [0.15, 0.2) is 5.96 Å². The van der Waals surface area contributed by atoms with Gasteiger partial charge in [0, 0.05) is 32.4 Å². The van der Waals surface area contributed by atoms with E-state index in [2.05, 4.69) is 20.7 Å². The Morgan fingerprint density at radius 3 is 2.74 bits per heavy atom. The van der Waals surface area contributed by atoms with Gasteiger partial charge < -0.3 is 10.6 Å². The lowest BCUT2D eigenvalue weighted by Crippen LogP contribution is -2.38. The van der Waals surface area contributed by atoms with Crippen LogP contribution in [-0.2, 0) is 13.6 Å². The highest BCUT2D eigenvalue weighted by Gasteiger charge is 2.10. The minimum atomic E-state index is -0.190. The first-order chi connectivity index (χ1) is 10.5. The number of aromatic nitrogens is 2. The van der Waals surface area contributed by atoms with E-state index >= 15 is 0 Å². The van der Waals surface area contributed by atoms with Crippen LogP contribution < -0.4 is 10.6 Å². The lowest BCUT2D eigenvalue weighted by molar-refractivity contribution is 0.607. The third kappa shape index (κ3) is 5.49. The first kappa shape index (κ1) is 19.4. The van der Waals surface area contributed by atoms with E-state index in [9.17, 15) is 4.39 Å². The Morgan fingerprint density at radius 1 is 1.43 bits per heavy atom. The average Bonchev–Trinajstić information content (AvgIpc) is 2.91. The van der Waals surface area contributed by atoms with Crippen LogP contribution in [0.2, 0.25) is 0 Å². The van der Waals surface area contributed by atoms with Gasteiger partial charge >= 0.3 is 0 Å². The van der Waals surface area contributed by atoms with Gasteiger partial charge in [0.25, 0.3) is 0 Å². The molecule has 23 heavy (non-hydrogen) atoms. The van der Waals surface area contributed by atoms with Crippen LogP contribution in [0.1, 0.15) is 29.7 Å². The van der Waals surface area contributed by atoms with Crippen molar-refractivity contribution in [2.45, 2.75) is 26.4 Å². The fourth-order valence-electron chi connectivity index (χ4n) is 2.11. The molecule has 1 atom stereocenters. The number of guanidine groups is 1. The number of hydrogen-bond acceptors (Lipinski definition) is 2. The highest BCUT2D eigenvalue weighted by Crippen LogP contribution is 2.16. The quantitative estimate of drug-likeness (QED) is 0.445. The number of hydrogen-bond donors (Lipinski definition) is 2. The van der Waals surface area contributed by atoms with Crippen molar-refractivity contribution in [3.05, 3.63) is 53.1 Å². The molecule has 1 aromatic carbocycles. The predicted octanol–water partition coefficient (Wildman–Crippen LogP) is 2.91. The molecule has 2 N–H and O–H groups in total. The van der Waals surface area contributed by atoms with Crippen molar-refractivity contribution in [2.24, 2.45) is 12.0 Å². The summed E-state index contributed by atoms with van der Waals surface area (Å²) in [6, 6.07) is 5.22. The van der Waals surface area contributed by atoms with Crippen molar-refractivity contribution in [2.75, 3.05) is 7.05 Å². The van der Waals surface area contributed by atoms with Crippen LogP contribution in [0.5, 0.6) is 0 Å². The molecule has 0 saturated carbocycles. The highest BCUT2D eigenvalue weighted by atomic mass is 127. The van der Waals surface area contributed by atoms with E-state index in [1.165, 1.54) is 0 Å². The maximum atomic E-state index is 13.6. The van der Waals surface area contributed by atoms with E-state index in [1.807, 2.05) is 26.2 Å².